The van der Waals surface area contributed by atoms with Gasteiger partial charge in [-0.1, -0.05) is 24.4 Å². The molecule has 0 aliphatic rings. The molecule has 21 heavy (non-hydrogen) atoms. The Hall–Kier alpha value is -2.21. The minimum atomic E-state index is 0.288. The Morgan fingerprint density at radius 3 is 2.86 bits per heavy atom. The zero-order valence-corrected chi connectivity index (χ0v) is 12.8. The average Bonchev–Trinajstić information content (AvgIpc) is 3.06. The molecule has 5 nitrogen and oxygen atoms in total. The molecule has 0 aliphatic carbocycles. The lowest BCUT2D eigenvalue weighted by atomic mass is 10.1. The molecular formula is C15H17N5S. The number of hydrogen-bond acceptors (Lipinski definition) is 3. The van der Waals surface area contributed by atoms with E-state index in [9.17, 15) is 0 Å². The highest BCUT2D eigenvalue weighted by Crippen LogP contribution is 2.19. The second-order valence-electron chi connectivity index (χ2n) is 5.30. The Morgan fingerprint density at radius 1 is 1.33 bits per heavy atom. The minimum absolute atomic E-state index is 0.288. The smallest absolute Gasteiger partial charge is 0.147 e. The molecule has 0 atom stereocenters. The summed E-state index contributed by atoms with van der Waals surface area (Å²) in [6, 6.07) is 8.37. The monoisotopic (exact) mass is 299 g/mol. The Morgan fingerprint density at radius 2 is 2.14 bits per heavy atom. The normalized spacial score (nSPS) is 11.4. The van der Waals surface area contributed by atoms with Gasteiger partial charge in [0.2, 0.25) is 0 Å². The fraction of sp³-hybridized carbons (Fsp3) is 0.267. The number of hydrogen-bond donors (Lipinski definition) is 1. The van der Waals surface area contributed by atoms with Crippen molar-refractivity contribution in [2.24, 2.45) is 5.73 Å². The summed E-state index contributed by atoms with van der Waals surface area (Å²) in [6.45, 7) is 4.86. The quantitative estimate of drug-likeness (QED) is 0.752. The van der Waals surface area contributed by atoms with Crippen molar-refractivity contribution in [3.05, 3.63) is 48.2 Å². The van der Waals surface area contributed by atoms with Crippen molar-refractivity contribution in [1.82, 2.24) is 19.3 Å². The first-order valence-electron chi connectivity index (χ1n) is 6.83. The molecule has 2 aromatic heterocycles. The van der Waals surface area contributed by atoms with Crippen LogP contribution in [0.5, 0.6) is 0 Å². The molecule has 0 fully saturated rings. The molecular weight excluding hydrogens is 282 g/mol. The fourth-order valence-electron chi connectivity index (χ4n) is 2.45. The van der Waals surface area contributed by atoms with Crippen LogP contribution in [0.2, 0.25) is 0 Å². The van der Waals surface area contributed by atoms with Crippen LogP contribution in [0.1, 0.15) is 31.3 Å². The van der Waals surface area contributed by atoms with Crippen LogP contribution in [0.25, 0.3) is 10.9 Å². The summed E-state index contributed by atoms with van der Waals surface area (Å²) in [4.78, 5) is 4.77. The molecule has 0 radical (unpaired) electrons. The van der Waals surface area contributed by atoms with Gasteiger partial charge < -0.3 is 10.3 Å². The van der Waals surface area contributed by atoms with E-state index in [2.05, 4.69) is 34.6 Å². The number of rotatable bonds is 4. The van der Waals surface area contributed by atoms with E-state index in [0.717, 1.165) is 22.3 Å². The van der Waals surface area contributed by atoms with Crippen molar-refractivity contribution < 1.29 is 0 Å². The van der Waals surface area contributed by atoms with Crippen molar-refractivity contribution >= 4 is 28.1 Å². The van der Waals surface area contributed by atoms with Crippen LogP contribution in [0.3, 0.4) is 0 Å². The summed E-state index contributed by atoms with van der Waals surface area (Å²) in [5.41, 5.74) is 7.69. The number of thiocarbonyl (C=S) groups is 1. The molecule has 0 bridgehead atoms. The summed E-state index contributed by atoms with van der Waals surface area (Å²) < 4.78 is 4.07. The van der Waals surface area contributed by atoms with E-state index < -0.39 is 0 Å². The van der Waals surface area contributed by atoms with Gasteiger partial charge in [0, 0.05) is 23.3 Å². The van der Waals surface area contributed by atoms with E-state index in [1.165, 1.54) is 0 Å². The van der Waals surface area contributed by atoms with Crippen molar-refractivity contribution in [1.29, 1.82) is 0 Å². The van der Waals surface area contributed by atoms with Gasteiger partial charge in [0.05, 0.1) is 6.54 Å². The second kappa shape index (κ2) is 5.29. The molecule has 0 unspecified atom stereocenters. The van der Waals surface area contributed by atoms with Crippen molar-refractivity contribution in [2.75, 3.05) is 0 Å². The van der Waals surface area contributed by atoms with Crippen LogP contribution in [-0.2, 0) is 6.54 Å². The molecule has 0 saturated heterocycles. The maximum absolute atomic E-state index is 5.72. The Labute approximate surface area is 128 Å². The van der Waals surface area contributed by atoms with E-state index in [-0.39, 0.29) is 6.04 Å². The fourth-order valence-corrected chi connectivity index (χ4v) is 2.57. The third kappa shape index (κ3) is 2.54. The lowest BCUT2D eigenvalue weighted by molar-refractivity contribution is 0.498. The van der Waals surface area contributed by atoms with Crippen LogP contribution < -0.4 is 5.73 Å². The van der Waals surface area contributed by atoms with Gasteiger partial charge in [-0.05, 0) is 31.4 Å². The minimum Gasteiger partial charge on any atom is -0.389 e. The molecule has 3 rings (SSSR count). The maximum atomic E-state index is 5.72. The van der Waals surface area contributed by atoms with Gasteiger partial charge in [-0.2, -0.15) is 5.10 Å². The van der Waals surface area contributed by atoms with Crippen LogP contribution in [0.4, 0.5) is 0 Å². The summed E-state index contributed by atoms with van der Waals surface area (Å²) in [5.74, 6) is 0.934. The van der Waals surface area contributed by atoms with Gasteiger partial charge in [-0.3, -0.25) is 0 Å². The molecule has 1 aromatic carbocycles. The van der Waals surface area contributed by atoms with E-state index in [1.807, 2.05) is 29.1 Å². The largest absolute Gasteiger partial charge is 0.389 e. The molecule has 0 aliphatic heterocycles. The van der Waals surface area contributed by atoms with Crippen molar-refractivity contribution in [3.8, 4) is 0 Å². The van der Waals surface area contributed by atoms with Gasteiger partial charge >= 0.3 is 0 Å². The predicted octanol–water partition coefficient (Wildman–Crippen LogP) is 2.50. The standard InChI is InChI=1S/C15H17N5S/c1-10(2)20-14(17-9-18-20)8-19-6-5-11-3-4-12(15(16)21)7-13(11)19/h3-7,9-10H,8H2,1-2H3,(H2,16,21). The summed E-state index contributed by atoms with van der Waals surface area (Å²) in [6.07, 6.45) is 3.65. The van der Waals surface area contributed by atoms with E-state index in [1.54, 1.807) is 6.33 Å². The first-order chi connectivity index (χ1) is 10.1. The second-order valence-corrected chi connectivity index (χ2v) is 5.74. The lowest BCUT2D eigenvalue weighted by Gasteiger charge is -2.11. The zero-order valence-electron chi connectivity index (χ0n) is 12.0. The first-order valence-corrected chi connectivity index (χ1v) is 7.24. The molecule has 2 N–H and O–H groups in total. The van der Waals surface area contributed by atoms with Crippen LogP contribution in [0.15, 0.2) is 36.8 Å². The number of benzene rings is 1. The highest BCUT2D eigenvalue weighted by atomic mass is 32.1. The average molecular weight is 299 g/mol. The topological polar surface area (TPSA) is 61.7 Å². The number of fused-ring (bicyclic) bond motifs is 1. The molecule has 2 heterocycles. The molecule has 0 amide bonds. The highest BCUT2D eigenvalue weighted by Gasteiger charge is 2.10. The van der Waals surface area contributed by atoms with Gasteiger partial charge in [0.25, 0.3) is 0 Å². The van der Waals surface area contributed by atoms with Crippen molar-refractivity contribution in [3.63, 3.8) is 0 Å². The Kier molecular flexibility index (Phi) is 3.47. The van der Waals surface area contributed by atoms with Crippen LogP contribution in [0, 0.1) is 0 Å². The summed E-state index contributed by atoms with van der Waals surface area (Å²) >= 11 is 5.06. The van der Waals surface area contributed by atoms with E-state index >= 15 is 0 Å². The Balaban J connectivity index is 2.02. The van der Waals surface area contributed by atoms with Crippen molar-refractivity contribution in [2.45, 2.75) is 26.4 Å². The van der Waals surface area contributed by atoms with E-state index in [4.69, 9.17) is 18.0 Å². The summed E-state index contributed by atoms with van der Waals surface area (Å²) in [7, 11) is 0. The third-order valence-electron chi connectivity index (χ3n) is 3.51. The lowest BCUT2D eigenvalue weighted by Crippen LogP contribution is -2.12. The van der Waals surface area contributed by atoms with E-state index in [0.29, 0.717) is 11.5 Å². The maximum Gasteiger partial charge on any atom is 0.147 e. The predicted molar refractivity (Wildman–Crippen MR) is 87.3 cm³/mol. The molecule has 0 saturated carbocycles. The molecule has 6 heteroatoms. The van der Waals surface area contributed by atoms with Gasteiger partial charge in [-0.25, -0.2) is 9.67 Å². The first kappa shape index (κ1) is 13.8. The highest BCUT2D eigenvalue weighted by molar-refractivity contribution is 7.80. The van der Waals surface area contributed by atoms with Gasteiger partial charge in [0.15, 0.2) is 0 Å². The third-order valence-corrected chi connectivity index (χ3v) is 3.74. The summed E-state index contributed by atoms with van der Waals surface area (Å²) in [5, 5.41) is 5.43. The van der Waals surface area contributed by atoms with Crippen LogP contribution in [-0.4, -0.2) is 24.3 Å². The van der Waals surface area contributed by atoms with Crippen LogP contribution >= 0.6 is 12.2 Å². The molecule has 3 aromatic rings. The number of nitrogens with zero attached hydrogens (tertiary/aromatic N) is 4. The zero-order chi connectivity index (χ0) is 15.0. The number of nitrogens with two attached hydrogens (primary N) is 1. The molecule has 0 spiro atoms. The molecule has 108 valence electrons. The van der Waals surface area contributed by atoms with Gasteiger partial charge in [-0.15, -0.1) is 0 Å². The number of aromatic nitrogens is 4. The Bertz CT molecular complexity index is 799. The SMILES string of the molecule is CC(C)n1ncnc1Cn1ccc2ccc(C(N)=S)cc21. The van der Waals surface area contributed by atoms with Gasteiger partial charge in [0.1, 0.15) is 17.1 Å².